The molecule has 4 rings (SSSR count). The lowest BCUT2D eigenvalue weighted by Gasteiger charge is -2.22. The van der Waals surface area contributed by atoms with Gasteiger partial charge >= 0.3 is 0 Å². The van der Waals surface area contributed by atoms with Gasteiger partial charge in [-0.3, -0.25) is 0 Å². The van der Waals surface area contributed by atoms with Gasteiger partial charge in [-0.2, -0.15) is 0 Å². The Kier molecular flexibility index (Phi) is 5.49. The summed E-state index contributed by atoms with van der Waals surface area (Å²) in [5.41, 5.74) is 5.11. The molecule has 0 atom stereocenters. The molecule has 2 N–H and O–H groups in total. The van der Waals surface area contributed by atoms with Gasteiger partial charge in [0.1, 0.15) is 0 Å². The van der Waals surface area contributed by atoms with Crippen molar-refractivity contribution in [2.75, 3.05) is 25.0 Å². The first-order valence-corrected chi connectivity index (χ1v) is 9.76. The maximum absolute atomic E-state index is 5.92. The summed E-state index contributed by atoms with van der Waals surface area (Å²) in [5, 5.41) is 6.81. The molecule has 0 spiro atoms. The topological polar surface area (TPSA) is 59.1 Å². The number of nitrogens with one attached hydrogen (secondary N) is 2. The van der Waals surface area contributed by atoms with Crippen LogP contribution in [0.2, 0.25) is 0 Å². The predicted molar refractivity (Wildman–Crippen MR) is 110 cm³/mol. The van der Waals surface area contributed by atoms with Crippen LogP contribution in [0, 0.1) is 5.92 Å². The first-order chi connectivity index (χ1) is 13.3. The molecular formula is C22H26N4O. The Hall–Kier alpha value is -2.66. The van der Waals surface area contributed by atoms with Crippen LogP contribution in [0.1, 0.15) is 25.3 Å². The Balaban J connectivity index is 1.46. The average Bonchev–Trinajstić information content (AvgIpc) is 2.73. The molecule has 0 aliphatic carbocycles. The highest BCUT2D eigenvalue weighted by atomic mass is 16.5. The fourth-order valence-corrected chi connectivity index (χ4v) is 3.38. The van der Waals surface area contributed by atoms with E-state index in [0.29, 0.717) is 18.4 Å². The van der Waals surface area contributed by atoms with Gasteiger partial charge in [0.15, 0.2) is 0 Å². The maximum Gasteiger partial charge on any atom is 0.232 e. The van der Waals surface area contributed by atoms with Gasteiger partial charge in [0.2, 0.25) is 5.88 Å². The van der Waals surface area contributed by atoms with Gasteiger partial charge in [-0.05, 0) is 74.2 Å². The monoisotopic (exact) mass is 362 g/mol. The number of aromatic nitrogens is 2. The Bertz CT molecular complexity index is 888. The molecule has 0 unspecified atom stereocenters. The third kappa shape index (κ3) is 4.55. The average molecular weight is 362 g/mol. The lowest BCUT2D eigenvalue weighted by molar-refractivity contribution is 0.209. The molecule has 27 heavy (non-hydrogen) atoms. The summed E-state index contributed by atoms with van der Waals surface area (Å²) in [7, 11) is 0. The number of benzene rings is 2. The van der Waals surface area contributed by atoms with E-state index in [1.807, 2.05) is 18.2 Å². The fraction of sp³-hybridized carbons (Fsp3) is 0.364. The van der Waals surface area contributed by atoms with Gasteiger partial charge in [0, 0.05) is 11.4 Å². The highest BCUT2D eigenvalue weighted by Gasteiger charge is 2.14. The van der Waals surface area contributed by atoms with Gasteiger partial charge in [-0.25, -0.2) is 9.97 Å². The number of hydrogen-bond donors (Lipinski definition) is 2. The quantitative estimate of drug-likeness (QED) is 0.684. The third-order valence-electron chi connectivity index (χ3n) is 5.10. The van der Waals surface area contributed by atoms with Crippen molar-refractivity contribution in [1.29, 1.82) is 0 Å². The van der Waals surface area contributed by atoms with Crippen molar-refractivity contribution < 1.29 is 4.74 Å². The molecule has 5 heteroatoms. The zero-order valence-corrected chi connectivity index (χ0v) is 15.7. The summed E-state index contributed by atoms with van der Waals surface area (Å²) in [6, 6.07) is 14.5. The van der Waals surface area contributed by atoms with Crippen LogP contribution in [0.15, 0.2) is 48.7 Å². The van der Waals surface area contributed by atoms with Gasteiger partial charge in [-0.1, -0.05) is 19.1 Å². The van der Waals surface area contributed by atoms with Crippen LogP contribution in [-0.2, 0) is 6.42 Å². The third-order valence-corrected chi connectivity index (χ3v) is 5.10. The standard InChI is InChI=1S/C22H26N4O/c1-2-16-3-5-18(6-4-16)25-19-7-8-20-21(13-19)26-22(14-24-20)27-15-17-9-11-23-12-10-17/h3-8,13-14,17,23,25H,2,9-12,15H2,1H3. The lowest BCUT2D eigenvalue weighted by atomic mass is 9.99. The second-order valence-electron chi connectivity index (χ2n) is 7.09. The van der Waals surface area contributed by atoms with Crippen LogP contribution in [0.3, 0.4) is 0 Å². The molecule has 2 heterocycles. The van der Waals surface area contributed by atoms with Crippen molar-refractivity contribution >= 4 is 22.4 Å². The zero-order valence-electron chi connectivity index (χ0n) is 15.7. The molecule has 0 bridgehead atoms. The molecular weight excluding hydrogens is 336 g/mol. The summed E-state index contributed by atoms with van der Waals surface area (Å²) >= 11 is 0. The molecule has 5 nitrogen and oxygen atoms in total. The van der Waals surface area contributed by atoms with Gasteiger partial charge < -0.3 is 15.4 Å². The van der Waals surface area contributed by atoms with Gasteiger partial charge in [-0.15, -0.1) is 0 Å². The number of aryl methyl sites for hydroxylation is 1. The van der Waals surface area contributed by atoms with Crippen molar-refractivity contribution in [3.63, 3.8) is 0 Å². The molecule has 0 radical (unpaired) electrons. The maximum atomic E-state index is 5.92. The molecule has 1 aliphatic heterocycles. The summed E-state index contributed by atoms with van der Waals surface area (Å²) < 4.78 is 5.92. The molecule has 0 saturated carbocycles. The van der Waals surface area contributed by atoms with Crippen LogP contribution in [0.5, 0.6) is 5.88 Å². The number of piperidine rings is 1. The number of ether oxygens (including phenoxy) is 1. The van der Waals surface area contributed by atoms with E-state index in [0.717, 1.165) is 54.8 Å². The van der Waals surface area contributed by atoms with Crippen LogP contribution in [0.4, 0.5) is 11.4 Å². The molecule has 2 aromatic carbocycles. The van der Waals surface area contributed by atoms with Crippen LogP contribution in [0.25, 0.3) is 11.0 Å². The van der Waals surface area contributed by atoms with E-state index < -0.39 is 0 Å². The Morgan fingerprint density at radius 2 is 1.81 bits per heavy atom. The number of anilines is 2. The smallest absolute Gasteiger partial charge is 0.232 e. The van der Waals surface area contributed by atoms with E-state index in [9.17, 15) is 0 Å². The minimum atomic E-state index is 0.600. The number of nitrogens with zero attached hydrogens (tertiary/aromatic N) is 2. The molecule has 1 saturated heterocycles. The first kappa shape index (κ1) is 17.7. The van der Waals surface area contributed by atoms with E-state index in [1.165, 1.54) is 5.56 Å². The second kappa shape index (κ2) is 8.35. The highest BCUT2D eigenvalue weighted by molar-refractivity contribution is 5.80. The van der Waals surface area contributed by atoms with E-state index in [-0.39, 0.29) is 0 Å². The van der Waals surface area contributed by atoms with E-state index in [2.05, 4.69) is 51.8 Å². The Morgan fingerprint density at radius 1 is 1.04 bits per heavy atom. The van der Waals surface area contributed by atoms with Gasteiger partial charge in [0.05, 0.1) is 23.8 Å². The van der Waals surface area contributed by atoms with Crippen LogP contribution >= 0.6 is 0 Å². The number of fused-ring (bicyclic) bond motifs is 1. The Morgan fingerprint density at radius 3 is 2.59 bits per heavy atom. The summed E-state index contributed by atoms with van der Waals surface area (Å²) in [6.45, 7) is 5.02. The normalized spacial score (nSPS) is 15.0. The van der Waals surface area contributed by atoms with E-state index in [1.54, 1.807) is 6.20 Å². The highest BCUT2D eigenvalue weighted by Crippen LogP contribution is 2.23. The van der Waals surface area contributed by atoms with Crippen molar-refractivity contribution in [2.45, 2.75) is 26.2 Å². The van der Waals surface area contributed by atoms with Crippen LogP contribution < -0.4 is 15.4 Å². The van der Waals surface area contributed by atoms with Crippen molar-refractivity contribution in [3.05, 3.63) is 54.2 Å². The van der Waals surface area contributed by atoms with Crippen molar-refractivity contribution in [1.82, 2.24) is 15.3 Å². The largest absolute Gasteiger partial charge is 0.476 e. The summed E-state index contributed by atoms with van der Waals surface area (Å²) in [5.74, 6) is 1.20. The number of rotatable bonds is 6. The summed E-state index contributed by atoms with van der Waals surface area (Å²) in [4.78, 5) is 9.14. The fourth-order valence-electron chi connectivity index (χ4n) is 3.38. The van der Waals surface area contributed by atoms with E-state index in [4.69, 9.17) is 4.74 Å². The minimum absolute atomic E-state index is 0.600. The van der Waals surface area contributed by atoms with E-state index >= 15 is 0 Å². The Labute approximate surface area is 160 Å². The van der Waals surface area contributed by atoms with Crippen molar-refractivity contribution in [3.8, 4) is 5.88 Å². The second-order valence-corrected chi connectivity index (χ2v) is 7.09. The molecule has 0 amide bonds. The van der Waals surface area contributed by atoms with Crippen molar-refractivity contribution in [2.24, 2.45) is 5.92 Å². The molecule has 1 aliphatic rings. The van der Waals surface area contributed by atoms with Gasteiger partial charge in [0.25, 0.3) is 0 Å². The van der Waals surface area contributed by atoms with Crippen LogP contribution in [-0.4, -0.2) is 29.7 Å². The molecule has 1 aromatic heterocycles. The molecule has 140 valence electrons. The first-order valence-electron chi connectivity index (χ1n) is 9.76. The predicted octanol–water partition coefficient (Wildman–Crippen LogP) is 4.31. The SMILES string of the molecule is CCc1ccc(Nc2ccc3ncc(OCC4CCNCC4)nc3c2)cc1. The molecule has 3 aromatic rings. The number of hydrogen-bond acceptors (Lipinski definition) is 5. The minimum Gasteiger partial charge on any atom is -0.476 e. The summed E-state index contributed by atoms with van der Waals surface area (Å²) in [6.07, 6.45) is 5.09. The zero-order chi connectivity index (χ0) is 18.5. The molecule has 1 fully saturated rings. The lowest BCUT2D eigenvalue weighted by Crippen LogP contribution is -2.30.